The summed E-state index contributed by atoms with van der Waals surface area (Å²) in [6, 6.07) is 9.27. The number of hydrogen-bond donors (Lipinski definition) is 1. The zero-order valence-electron chi connectivity index (χ0n) is 10.2. The van der Waals surface area contributed by atoms with E-state index in [1.807, 2.05) is 22.7 Å². The van der Waals surface area contributed by atoms with Crippen LogP contribution in [0.25, 0.3) is 0 Å². The lowest BCUT2D eigenvalue weighted by Gasteiger charge is -2.16. The fourth-order valence-electron chi connectivity index (χ4n) is 1.95. The first-order chi connectivity index (χ1) is 8.40. The van der Waals surface area contributed by atoms with Crippen LogP contribution in [0, 0.1) is 0 Å². The van der Waals surface area contributed by atoms with E-state index in [9.17, 15) is 0 Å². The molecule has 0 amide bonds. The number of thiophene rings is 2. The van der Waals surface area contributed by atoms with Crippen molar-refractivity contribution < 1.29 is 0 Å². The molecular formula is C14H19NS2. The minimum atomic E-state index is 0.542. The van der Waals surface area contributed by atoms with E-state index in [-0.39, 0.29) is 0 Å². The molecule has 1 N–H and O–H groups in total. The van der Waals surface area contributed by atoms with Gasteiger partial charge in [0.15, 0.2) is 0 Å². The van der Waals surface area contributed by atoms with Crippen molar-refractivity contribution in [3.05, 3.63) is 44.8 Å². The number of nitrogens with one attached hydrogen (secondary N) is 1. The van der Waals surface area contributed by atoms with Gasteiger partial charge in [0.25, 0.3) is 0 Å². The van der Waals surface area contributed by atoms with Crippen LogP contribution in [0.15, 0.2) is 35.0 Å². The molecule has 0 radical (unpaired) electrons. The van der Waals surface area contributed by atoms with Crippen molar-refractivity contribution in [2.45, 2.75) is 32.2 Å². The largest absolute Gasteiger partial charge is 0.309 e. The van der Waals surface area contributed by atoms with E-state index in [0.29, 0.717) is 6.04 Å². The third-order valence-electron chi connectivity index (χ3n) is 2.81. The van der Waals surface area contributed by atoms with Gasteiger partial charge < -0.3 is 5.32 Å². The summed E-state index contributed by atoms with van der Waals surface area (Å²) in [6.45, 7) is 3.32. The highest BCUT2D eigenvalue weighted by Gasteiger charge is 2.10. The molecule has 0 saturated heterocycles. The Morgan fingerprint density at radius 1 is 1.18 bits per heavy atom. The molecule has 1 nitrogen and oxygen atoms in total. The second-order valence-electron chi connectivity index (χ2n) is 4.14. The van der Waals surface area contributed by atoms with Crippen molar-refractivity contribution in [1.29, 1.82) is 0 Å². The highest BCUT2D eigenvalue weighted by molar-refractivity contribution is 7.10. The minimum absolute atomic E-state index is 0.542. The van der Waals surface area contributed by atoms with Crippen molar-refractivity contribution in [2.24, 2.45) is 0 Å². The maximum Gasteiger partial charge on any atom is 0.0414 e. The molecule has 0 aliphatic heterocycles. The lowest BCUT2D eigenvalue weighted by Crippen LogP contribution is -2.22. The highest BCUT2D eigenvalue weighted by atomic mass is 32.1. The molecule has 1 unspecified atom stereocenters. The van der Waals surface area contributed by atoms with Crippen molar-refractivity contribution in [3.8, 4) is 0 Å². The van der Waals surface area contributed by atoms with E-state index >= 15 is 0 Å². The Kier molecular flexibility index (Phi) is 5.23. The van der Waals surface area contributed by atoms with Gasteiger partial charge in [-0.25, -0.2) is 0 Å². The molecule has 0 aromatic carbocycles. The van der Waals surface area contributed by atoms with Crippen LogP contribution in [-0.2, 0) is 6.42 Å². The fraction of sp³-hybridized carbons (Fsp3) is 0.429. The van der Waals surface area contributed by atoms with Gasteiger partial charge in [0.2, 0.25) is 0 Å². The first-order valence-electron chi connectivity index (χ1n) is 6.19. The lowest BCUT2D eigenvalue weighted by molar-refractivity contribution is 0.505. The van der Waals surface area contributed by atoms with Crippen LogP contribution in [0.2, 0.25) is 0 Å². The third kappa shape index (κ3) is 3.95. The van der Waals surface area contributed by atoms with Gasteiger partial charge >= 0.3 is 0 Å². The summed E-state index contributed by atoms with van der Waals surface area (Å²) >= 11 is 3.71. The molecule has 2 heterocycles. The van der Waals surface area contributed by atoms with Crippen LogP contribution < -0.4 is 5.32 Å². The predicted octanol–water partition coefficient (Wildman–Crippen LogP) is 4.48. The quantitative estimate of drug-likeness (QED) is 0.778. The summed E-state index contributed by atoms with van der Waals surface area (Å²) in [5.74, 6) is 0. The van der Waals surface area contributed by atoms with E-state index in [1.165, 1.54) is 22.6 Å². The van der Waals surface area contributed by atoms with Gasteiger partial charge in [-0.1, -0.05) is 25.5 Å². The topological polar surface area (TPSA) is 12.0 Å². The van der Waals surface area contributed by atoms with Gasteiger partial charge in [0, 0.05) is 22.3 Å². The van der Waals surface area contributed by atoms with Crippen LogP contribution in [0.3, 0.4) is 0 Å². The van der Waals surface area contributed by atoms with Gasteiger partial charge in [-0.2, -0.15) is 0 Å². The molecule has 17 heavy (non-hydrogen) atoms. The van der Waals surface area contributed by atoms with Crippen LogP contribution in [0.4, 0.5) is 0 Å². The summed E-state index contributed by atoms with van der Waals surface area (Å²) < 4.78 is 0. The lowest BCUT2D eigenvalue weighted by atomic mass is 10.1. The van der Waals surface area contributed by atoms with Gasteiger partial charge in [0.1, 0.15) is 0 Å². The zero-order chi connectivity index (χ0) is 11.9. The molecule has 0 aliphatic carbocycles. The Bertz CT molecular complexity index is 392. The van der Waals surface area contributed by atoms with Crippen molar-refractivity contribution >= 4 is 22.7 Å². The Balaban J connectivity index is 1.82. The number of hydrogen-bond acceptors (Lipinski definition) is 3. The molecule has 0 spiro atoms. The maximum atomic E-state index is 3.68. The van der Waals surface area contributed by atoms with E-state index in [0.717, 1.165) is 13.0 Å². The molecule has 2 aromatic heterocycles. The summed E-state index contributed by atoms with van der Waals surface area (Å²) in [6.07, 6.45) is 3.60. The summed E-state index contributed by atoms with van der Waals surface area (Å²) in [4.78, 5) is 2.94. The van der Waals surface area contributed by atoms with Crippen molar-refractivity contribution in [2.75, 3.05) is 6.54 Å². The molecule has 2 rings (SSSR count). The summed E-state index contributed by atoms with van der Waals surface area (Å²) in [7, 11) is 0. The zero-order valence-corrected chi connectivity index (χ0v) is 11.8. The van der Waals surface area contributed by atoms with Gasteiger partial charge in [-0.15, -0.1) is 22.7 Å². The average molecular weight is 265 g/mol. The predicted molar refractivity (Wildman–Crippen MR) is 78.0 cm³/mol. The standard InChI is InChI=1S/C14H19NS2/c1-2-5-13(14-7-4-11-17-14)15-9-8-12-6-3-10-16-12/h3-4,6-7,10-11,13,15H,2,5,8-9H2,1H3. The van der Waals surface area contributed by atoms with Gasteiger partial charge in [-0.3, -0.25) is 0 Å². The third-order valence-corrected chi connectivity index (χ3v) is 4.73. The van der Waals surface area contributed by atoms with E-state index < -0.39 is 0 Å². The van der Waals surface area contributed by atoms with Crippen molar-refractivity contribution in [3.63, 3.8) is 0 Å². The molecule has 0 saturated carbocycles. The maximum absolute atomic E-state index is 3.68. The Hall–Kier alpha value is -0.640. The van der Waals surface area contributed by atoms with Crippen molar-refractivity contribution in [1.82, 2.24) is 5.32 Å². The summed E-state index contributed by atoms with van der Waals surface area (Å²) in [5.41, 5.74) is 0. The molecule has 0 bridgehead atoms. The van der Waals surface area contributed by atoms with Crippen LogP contribution in [-0.4, -0.2) is 6.54 Å². The Morgan fingerprint density at radius 3 is 2.65 bits per heavy atom. The minimum Gasteiger partial charge on any atom is -0.309 e. The molecule has 3 heteroatoms. The molecule has 0 fully saturated rings. The first-order valence-corrected chi connectivity index (χ1v) is 7.95. The molecule has 1 atom stereocenters. The van der Waals surface area contributed by atoms with Crippen LogP contribution in [0.1, 0.15) is 35.6 Å². The number of rotatable bonds is 7. The fourth-order valence-corrected chi connectivity index (χ4v) is 3.49. The summed E-state index contributed by atoms with van der Waals surface area (Å²) in [5, 5.41) is 7.99. The molecule has 0 aliphatic rings. The molecular weight excluding hydrogens is 246 g/mol. The van der Waals surface area contributed by atoms with Crippen LogP contribution >= 0.6 is 22.7 Å². The average Bonchev–Trinajstić information content (AvgIpc) is 3.01. The van der Waals surface area contributed by atoms with E-state index in [4.69, 9.17) is 0 Å². The smallest absolute Gasteiger partial charge is 0.0414 e. The van der Waals surface area contributed by atoms with E-state index in [2.05, 4.69) is 47.3 Å². The van der Waals surface area contributed by atoms with Gasteiger partial charge in [-0.05, 0) is 35.7 Å². The van der Waals surface area contributed by atoms with E-state index in [1.54, 1.807) is 0 Å². The normalized spacial score (nSPS) is 12.8. The first kappa shape index (κ1) is 12.8. The Morgan fingerprint density at radius 2 is 2.00 bits per heavy atom. The second kappa shape index (κ2) is 6.94. The Labute approximate surface area is 112 Å². The molecule has 2 aromatic rings. The monoisotopic (exact) mass is 265 g/mol. The SMILES string of the molecule is CCCC(NCCc1cccs1)c1cccs1. The highest BCUT2D eigenvalue weighted by Crippen LogP contribution is 2.23. The van der Waals surface area contributed by atoms with Gasteiger partial charge in [0.05, 0.1) is 0 Å². The van der Waals surface area contributed by atoms with Crippen LogP contribution in [0.5, 0.6) is 0 Å². The molecule has 92 valence electrons. The second-order valence-corrected chi connectivity index (χ2v) is 6.15.